The van der Waals surface area contributed by atoms with Crippen molar-refractivity contribution in [3.63, 3.8) is 0 Å². The zero-order chi connectivity index (χ0) is 12.5. The summed E-state index contributed by atoms with van der Waals surface area (Å²) in [6, 6.07) is 0. The van der Waals surface area contributed by atoms with E-state index in [1.807, 2.05) is 6.92 Å². The Morgan fingerprint density at radius 2 is 1.56 bits per heavy atom. The Kier molecular flexibility index (Phi) is 3.61. The molecule has 4 heteroatoms. The van der Waals surface area contributed by atoms with Gasteiger partial charge in [0.25, 0.3) is 5.79 Å². The number of hydrogen-bond donors (Lipinski definition) is 0. The summed E-state index contributed by atoms with van der Waals surface area (Å²) in [6.07, 6.45) is 0.801. The Balaban J connectivity index is 2.74. The minimum absolute atomic E-state index is 0.0453. The maximum Gasteiger partial charge on any atom is 0.323 e. The van der Waals surface area contributed by atoms with Gasteiger partial charge in [0.15, 0.2) is 5.92 Å². The van der Waals surface area contributed by atoms with Crippen LogP contribution in [0.15, 0.2) is 0 Å². The second kappa shape index (κ2) is 4.44. The fourth-order valence-electron chi connectivity index (χ4n) is 2.07. The highest BCUT2D eigenvalue weighted by atomic mass is 16.7. The van der Waals surface area contributed by atoms with Crippen LogP contribution in [0.25, 0.3) is 0 Å². The van der Waals surface area contributed by atoms with Crippen molar-refractivity contribution in [1.29, 1.82) is 0 Å². The van der Waals surface area contributed by atoms with Crippen molar-refractivity contribution in [1.82, 2.24) is 0 Å². The van der Waals surface area contributed by atoms with Crippen LogP contribution in [-0.4, -0.2) is 17.7 Å². The molecular weight excluding hydrogens is 208 g/mol. The Labute approximate surface area is 96.3 Å². The monoisotopic (exact) mass is 228 g/mol. The Bertz CT molecular complexity index is 273. The quantitative estimate of drug-likeness (QED) is 0.548. The van der Waals surface area contributed by atoms with Crippen LogP contribution in [0.4, 0.5) is 0 Å². The van der Waals surface area contributed by atoms with Gasteiger partial charge in [0.2, 0.25) is 0 Å². The number of rotatable bonds is 3. The van der Waals surface area contributed by atoms with Crippen LogP contribution in [0, 0.1) is 17.8 Å². The van der Waals surface area contributed by atoms with Crippen LogP contribution in [0.1, 0.15) is 41.0 Å². The van der Waals surface area contributed by atoms with E-state index < -0.39 is 23.6 Å². The topological polar surface area (TPSA) is 52.6 Å². The number of hydrogen-bond acceptors (Lipinski definition) is 4. The maximum absolute atomic E-state index is 11.7. The van der Waals surface area contributed by atoms with Crippen LogP contribution < -0.4 is 0 Å². The van der Waals surface area contributed by atoms with Crippen LogP contribution in [0.2, 0.25) is 0 Å². The summed E-state index contributed by atoms with van der Waals surface area (Å²) in [4.78, 5) is 23.4. The Hall–Kier alpha value is -1.06. The van der Waals surface area contributed by atoms with E-state index in [4.69, 9.17) is 9.47 Å². The number of esters is 2. The van der Waals surface area contributed by atoms with Crippen molar-refractivity contribution >= 4 is 11.9 Å². The van der Waals surface area contributed by atoms with E-state index in [0.29, 0.717) is 5.92 Å². The van der Waals surface area contributed by atoms with Gasteiger partial charge in [-0.1, -0.05) is 20.8 Å². The molecule has 4 nitrogen and oxygen atoms in total. The van der Waals surface area contributed by atoms with Crippen LogP contribution >= 0.6 is 0 Å². The molecule has 0 aliphatic carbocycles. The van der Waals surface area contributed by atoms with Crippen molar-refractivity contribution < 1.29 is 19.1 Å². The average Bonchev–Trinajstić information content (AvgIpc) is 1.96. The van der Waals surface area contributed by atoms with Gasteiger partial charge in [-0.2, -0.15) is 0 Å². The fraction of sp³-hybridized carbons (Fsp3) is 0.833. The predicted octanol–water partition coefficient (Wildman–Crippen LogP) is 2.12. The van der Waals surface area contributed by atoms with E-state index >= 15 is 0 Å². The van der Waals surface area contributed by atoms with Gasteiger partial charge in [0, 0.05) is 13.8 Å². The van der Waals surface area contributed by atoms with E-state index in [1.165, 1.54) is 0 Å². The van der Waals surface area contributed by atoms with Crippen molar-refractivity contribution in [2.45, 2.75) is 46.8 Å². The molecule has 1 atom stereocenters. The molecule has 0 spiro atoms. The molecule has 0 bridgehead atoms. The van der Waals surface area contributed by atoms with Crippen molar-refractivity contribution in [3.05, 3.63) is 0 Å². The highest BCUT2D eigenvalue weighted by Gasteiger charge is 2.45. The molecule has 0 amide bonds. The zero-order valence-corrected chi connectivity index (χ0v) is 10.6. The highest BCUT2D eigenvalue weighted by molar-refractivity contribution is 5.96. The largest absolute Gasteiger partial charge is 0.422 e. The normalized spacial score (nSPS) is 22.9. The van der Waals surface area contributed by atoms with Crippen molar-refractivity contribution in [2.75, 3.05) is 0 Å². The van der Waals surface area contributed by atoms with E-state index in [0.717, 1.165) is 6.42 Å². The molecule has 92 valence electrons. The first kappa shape index (κ1) is 13.0. The first-order chi connectivity index (χ1) is 7.23. The molecule has 0 unspecified atom stereocenters. The first-order valence-electron chi connectivity index (χ1n) is 5.68. The predicted molar refractivity (Wildman–Crippen MR) is 58.4 cm³/mol. The molecule has 1 aliphatic rings. The molecule has 1 rings (SSSR count). The van der Waals surface area contributed by atoms with Crippen LogP contribution in [0.5, 0.6) is 0 Å². The maximum atomic E-state index is 11.7. The number of carbonyl (C=O) groups is 2. The third kappa shape index (κ3) is 2.97. The molecule has 0 aromatic carbocycles. The van der Waals surface area contributed by atoms with E-state index in [2.05, 4.69) is 13.8 Å². The minimum Gasteiger partial charge on any atom is -0.422 e. The van der Waals surface area contributed by atoms with E-state index in [-0.39, 0.29) is 5.92 Å². The third-order valence-electron chi connectivity index (χ3n) is 2.61. The summed E-state index contributed by atoms with van der Waals surface area (Å²) in [5.74, 6) is -2.43. The lowest BCUT2D eigenvalue weighted by atomic mass is 9.86. The van der Waals surface area contributed by atoms with E-state index in [9.17, 15) is 9.59 Å². The molecular formula is C12H20O4. The molecule has 1 saturated heterocycles. The Morgan fingerprint density at radius 1 is 1.12 bits per heavy atom. The van der Waals surface area contributed by atoms with Gasteiger partial charge in [-0.15, -0.1) is 0 Å². The molecule has 1 heterocycles. The summed E-state index contributed by atoms with van der Waals surface area (Å²) >= 11 is 0. The molecule has 0 aromatic rings. The fourth-order valence-corrected chi connectivity index (χ4v) is 2.07. The highest BCUT2D eigenvalue weighted by Crippen LogP contribution is 2.30. The number of ether oxygens (including phenoxy) is 2. The molecule has 0 radical (unpaired) electrons. The second-order valence-electron chi connectivity index (χ2n) is 5.33. The third-order valence-corrected chi connectivity index (χ3v) is 2.61. The lowest BCUT2D eigenvalue weighted by Gasteiger charge is -2.35. The second-order valence-corrected chi connectivity index (χ2v) is 5.33. The van der Waals surface area contributed by atoms with E-state index in [1.54, 1.807) is 13.8 Å². The minimum atomic E-state index is -1.12. The lowest BCUT2D eigenvalue weighted by Crippen LogP contribution is -2.48. The van der Waals surface area contributed by atoms with Gasteiger partial charge in [-0.25, -0.2) is 0 Å². The zero-order valence-electron chi connectivity index (χ0n) is 10.6. The SMILES string of the molecule is CC(C)C[C@@H](C)C1C(=O)OC(C)(C)OC1=O. The Morgan fingerprint density at radius 3 is 1.94 bits per heavy atom. The van der Waals surface area contributed by atoms with Gasteiger partial charge < -0.3 is 9.47 Å². The van der Waals surface area contributed by atoms with Crippen LogP contribution in [0.3, 0.4) is 0 Å². The summed E-state index contributed by atoms with van der Waals surface area (Å²) in [6.45, 7) is 9.11. The summed E-state index contributed by atoms with van der Waals surface area (Å²) in [7, 11) is 0. The summed E-state index contributed by atoms with van der Waals surface area (Å²) in [5, 5.41) is 0. The molecule has 16 heavy (non-hydrogen) atoms. The average molecular weight is 228 g/mol. The summed E-state index contributed by atoms with van der Waals surface area (Å²) < 4.78 is 10.2. The molecule has 1 fully saturated rings. The molecule has 1 aliphatic heterocycles. The number of carbonyl (C=O) groups excluding carboxylic acids is 2. The molecule has 0 N–H and O–H groups in total. The van der Waals surface area contributed by atoms with Crippen LogP contribution in [-0.2, 0) is 19.1 Å². The molecule has 0 aromatic heterocycles. The smallest absolute Gasteiger partial charge is 0.323 e. The first-order valence-corrected chi connectivity index (χ1v) is 5.68. The molecule has 0 saturated carbocycles. The van der Waals surface area contributed by atoms with Gasteiger partial charge in [-0.05, 0) is 18.3 Å². The van der Waals surface area contributed by atoms with Crippen molar-refractivity contribution in [2.24, 2.45) is 17.8 Å². The van der Waals surface area contributed by atoms with Gasteiger partial charge in [0.05, 0.1) is 0 Å². The van der Waals surface area contributed by atoms with Crippen molar-refractivity contribution in [3.8, 4) is 0 Å². The lowest BCUT2D eigenvalue weighted by molar-refractivity contribution is -0.242. The van der Waals surface area contributed by atoms with Gasteiger partial charge in [-0.3, -0.25) is 9.59 Å². The number of cyclic esters (lactones) is 2. The standard InChI is InChI=1S/C12H20O4/c1-7(2)6-8(3)9-10(13)15-12(4,5)16-11(9)14/h7-9H,6H2,1-5H3/t8-/m1/s1. The summed E-state index contributed by atoms with van der Waals surface area (Å²) in [5.41, 5.74) is 0. The van der Waals surface area contributed by atoms with Gasteiger partial charge in [0.1, 0.15) is 0 Å². The van der Waals surface area contributed by atoms with Gasteiger partial charge >= 0.3 is 11.9 Å².